The highest BCUT2D eigenvalue weighted by atomic mass is 32.1. The number of aryl methyl sites for hydroxylation is 1. The summed E-state index contributed by atoms with van der Waals surface area (Å²) < 4.78 is 3.79. The van der Waals surface area contributed by atoms with Gasteiger partial charge in [0.1, 0.15) is 5.69 Å². The van der Waals surface area contributed by atoms with E-state index in [1.165, 1.54) is 11.3 Å². The van der Waals surface area contributed by atoms with Gasteiger partial charge in [-0.2, -0.15) is 14.7 Å². The monoisotopic (exact) mass is 339 g/mol. The van der Waals surface area contributed by atoms with Crippen LogP contribution in [-0.2, 0) is 0 Å². The second kappa shape index (κ2) is 5.48. The quantitative estimate of drug-likeness (QED) is 0.572. The third-order valence-electron chi connectivity index (χ3n) is 3.91. The summed E-state index contributed by atoms with van der Waals surface area (Å²) in [6, 6.07) is 6.02. The molecule has 0 aliphatic heterocycles. The lowest BCUT2D eigenvalue weighted by molar-refractivity contribution is 0.516. The maximum Gasteiger partial charge on any atom is 0.235 e. The molecular weight excluding hydrogens is 322 g/mol. The van der Waals surface area contributed by atoms with Crippen molar-refractivity contribution in [3.05, 3.63) is 35.8 Å². The van der Waals surface area contributed by atoms with Crippen LogP contribution in [0.2, 0.25) is 0 Å². The molecule has 0 radical (unpaired) electrons. The van der Waals surface area contributed by atoms with Crippen molar-refractivity contribution < 1.29 is 0 Å². The van der Waals surface area contributed by atoms with Crippen molar-refractivity contribution >= 4 is 16.3 Å². The number of pyridine rings is 1. The van der Waals surface area contributed by atoms with Crippen molar-refractivity contribution in [2.75, 3.05) is 0 Å². The number of hydrogen-bond acceptors (Lipinski definition) is 6. The van der Waals surface area contributed by atoms with Crippen molar-refractivity contribution in [2.24, 2.45) is 0 Å². The standard InChI is InChI=1S/C16H17N7S/c1-9(2)22-11(4)13(10(3)20-22)15-21-23-14(18-19-16(23)24-15)12-7-5-6-8-17-12/h5-9H,1-4H3. The van der Waals surface area contributed by atoms with Crippen LogP contribution in [0.4, 0.5) is 0 Å². The van der Waals surface area contributed by atoms with E-state index >= 15 is 0 Å². The first-order valence-electron chi connectivity index (χ1n) is 7.76. The van der Waals surface area contributed by atoms with Gasteiger partial charge in [-0.1, -0.05) is 17.4 Å². The Morgan fingerprint density at radius 2 is 1.92 bits per heavy atom. The zero-order valence-electron chi connectivity index (χ0n) is 13.9. The van der Waals surface area contributed by atoms with Gasteiger partial charge in [-0.05, 0) is 39.8 Å². The van der Waals surface area contributed by atoms with Crippen molar-refractivity contribution in [1.29, 1.82) is 0 Å². The molecule has 0 aliphatic carbocycles. The molecule has 8 heteroatoms. The molecule has 4 aromatic heterocycles. The fourth-order valence-corrected chi connectivity index (χ4v) is 3.84. The van der Waals surface area contributed by atoms with Gasteiger partial charge in [0.15, 0.2) is 5.01 Å². The van der Waals surface area contributed by atoms with E-state index in [1.54, 1.807) is 10.7 Å². The Balaban J connectivity index is 1.87. The zero-order chi connectivity index (χ0) is 16.8. The zero-order valence-corrected chi connectivity index (χ0v) is 14.7. The Labute approximate surface area is 143 Å². The Kier molecular flexibility index (Phi) is 3.42. The highest BCUT2D eigenvalue weighted by Gasteiger charge is 2.21. The molecule has 122 valence electrons. The van der Waals surface area contributed by atoms with Crippen molar-refractivity contribution in [1.82, 2.24) is 34.6 Å². The summed E-state index contributed by atoms with van der Waals surface area (Å²) in [5.74, 6) is 0.652. The van der Waals surface area contributed by atoms with Crippen LogP contribution in [0.5, 0.6) is 0 Å². The molecule has 0 aromatic carbocycles. The van der Waals surface area contributed by atoms with Crippen molar-refractivity contribution in [3.63, 3.8) is 0 Å². The highest BCUT2D eigenvalue weighted by molar-refractivity contribution is 7.19. The van der Waals surface area contributed by atoms with Gasteiger partial charge in [0.25, 0.3) is 0 Å². The van der Waals surface area contributed by atoms with Crippen LogP contribution in [0.25, 0.3) is 27.1 Å². The Morgan fingerprint density at radius 3 is 2.58 bits per heavy atom. The number of nitrogens with zero attached hydrogens (tertiary/aromatic N) is 7. The average molecular weight is 339 g/mol. The van der Waals surface area contributed by atoms with E-state index in [0.29, 0.717) is 11.9 Å². The molecule has 0 bridgehead atoms. The molecule has 24 heavy (non-hydrogen) atoms. The smallest absolute Gasteiger partial charge is 0.235 e. The molecule has 0 aliphatic rings. The summed E-state index contributed by atoms with van der Waals surface area (Å²) in [6.07, 6.45) is 1.74. The second-order valence-corrected chi connectivity index (χ2v) is 6.88. The lowest BCUT2D eigenvalue weighted by Crippen LogP contribution is -2.04. The van der Waals surface area contributed by atoms with Gasteiger partial charge in [-0.15, -0.1) is 10.2 Å². The molecule has 0 saturated heterocycles. The van der Waals surface area contributed by atoms with Gasteiger partial charge in [-0.3, -0.25) is 9.67 Å². The SMILES string of the molecule is Cc1nn(C(C)C)c(C)c1-c1nn2c(-c3ccccn3)nnc2s1. The number of aromatic nitrogens is 7. The van der Waals surface area contributed by atoms with Crippen LogP contribution < -0.4 is 0 Å². The first-order chi connectivity index (χ1) is 11.6. The molecule has 4 aromatic rings. The minimum Gasteiger partial charge on any atom is -0.266 e. The molecule has 7 nitrogen and oxygen atoms in total. The molecule has 0 spiro atoms. The predicted molar refractivity (Wildman–Crippen MR) is 93.0 cm³/mol. The summed E-state index contributed by atoms with van der Waals surface area (Å²) in [7, 11) is 0. The van der Waals surface area contributed by atoms with Gasteiger partial charge < -0.3 is 0 Å². The molecule has 4 heterocycles. The second-order valence-electron chi connectivity index (χ2n) is 5.92. The predicted octanol–water partition coefficient (Wildman–Crippen LogP) is 3.31. The fourth-order valence-electron chi connectivity index (χ4n) is 2.85. The van der Waals surface area contributed by atoms with Crippen LogP contribution in [0.1, 0.15) is 31.3 Å². The normalized spacial score (nSPS) is 11.7. The van der Waals surface area contributed by atoms with Crippen LogP contribution in [0, 0.1) is 13.8 Å². The van der Waals surface area contributed by atoms with Crippen molar-refractivity contribution in [3.8, 4) is 22.1 Å². The summed E-state index contributed by atoms with van der Waals surface area (Å²) in [4.78, 5) is 5.09. The Morgan fingerprint density at radius 1 is 1.08 bits per heavy atom. The first kappa shape index (κ1) is 14.9. The van der Waals surface area contributed by atoms with Gasteiger partial charge in [-0.25, -0.2) is 0 Å². The van der Waals surface area contributed by atoms with Gasteiger partial charge in [0, 0.05) is 17.9 Å². The van der Waals surface area contributed by atoms with E-state index in [4.69, 9.17) is 5.10 Å². The third-order valence-corrected chi connectivity index (χ3v) is 4.83. The van der Waals surface area contributed by atoms with E-state index in [2.05, 4.69) is 41.1 Å². The van der Waals surface area contributed by atoms with Crippen LogP contribution in [-0.4, -0.2) is 34.6 Å². The van der Waals surface area contributed by atoms with Crippen LogP contribution in [0.15, 0.2) is 24.4 Å². The van der Waals surface area contributed by atoms with Crippen molar-refractivity contribution in [2.45, 2.75) is 33.7 Å². The maximum absolute atomic E-state index is 4.73. The lowest BCUT2D eigenvalue weighted by atomic mass is 10.2. The first-order valence-corrected chi connectivity index (χ1v) is 8.57. The Bertz CT molecular complexity index is 1010. The van der Waals surface area contributed by atoms with E-state index < -0.39 is 0 Å². The highest BCUT2D eigenvalue weighted by Crippen LogP contribution is 2.32. The minimum atomic E-state index is 0.312. The van der Waals surface area contributed by atoms with Crippen LogP contribution in [0.3, 0.4) is 0 Å². The third kappa shape index (κ3) is 2.22. The van der Waals surface area contributed by atoms with Crippen LogP contribution >= 0.6 is 11.3 Å². The molecule has 0 amide bonds. The number of fused-ring (bicyclic) bond motifs is 1. The molecule has 0 atom stereocenters. The minimum absolute atomic E-state index is 0.312. The number of rotatable bonds is 3. The van der Waals surface area contributed by atoms with Gasteiger partial charge >= 0.3 is 0 Å². The largest absolute Gasteiger partial charge is 0.266 e. The summed E-state index contributed by atoms with van der Waals surface area (Å²) in [5, 5.41) is 18.7. The number of hydrogen-bond donors (Lipinski definition) is 0. The molecule has 0 N–H and O–H groups in total. The molecule has 0 fully saturated rings. The molecule has 0 saturated carbocycles. The van der Waals surface area contributed by atoms with Gasteiger partial charge in [0.05, 0.1) is 11.3 Å². The van der Waals surface area contributed by atoms with E-state index in [-0.39, 0.29) is 0 Å². The molecule has 0 unspecified atom stereocenters. The topological polar surface area (TPSA) is 73.8 Å². The Hall–Kier alpha value is -2.61. The summed E-state index contributed by atoms with van der Waals surface area (Å²) >= 11 is 1.52. The molecular formula is C16H17N7S. The lowest BCUT2D eigenvalue weighted by Gasteiger charge is -2.07. The van der Waals surface area contributed by atoms with E-state index in [0.717, 1.165) is 32.6 Å². The molecule has 4 rings (SSSR count). The summed E-state index contributed by atoms with van der Waals surface area (Å²) in [5.41, 5.74) is 3.93. The maximum atomic E-state index is 4.73. The summed E-state index contributed by atoms with van der Waals surface area (Å²) in [6.45, 7) is 8.35. The van der Waals surface area contributed by atoms with E-state index in [9.17, 15) is 0 Å². The van der Waals surface area contributed by atoms with Gasteiger partial charge in [0.2, 0.25) is 10.8 Å². The fraction of sp³-hybridized carbons (Fsp3) is 0.312. The average Bonchev–Trinajstić information content (AvgIpc) is 3.20. The van der Waals surface area contributed by atoms with E-state index in [1.807, 2.05) is 29.8 Å².